The fourth-order valence-corrected chi connectivity index (χ4v) is 3.13. The molecular weight excluding hydrogens is 274 g/mol. The molecule has 110 valence electrons. The first kappa shape index (κ1) is 15.4. The Morgan fingerprint density at radius 2 is 1.90 bits per heavy atom. The van der Waals surface area contributed by atoms with Gasteiger partial charge in [-0.25, -0.2) is 0 Å². The number of hydrogen-bond acceptors (Lipinski definition) is 4. The van der Waals surface area contributed by atoms with Gasteiger partial charge in [-0.2, -0.15) is 0 Å². The molecule has 0 aliphatic carbocycles. The maximum absolute atomic E-state index is 11.9. The average molecular weight is 295 g/mol. The van der Waals surface area contributed by atoms with Crippen molar-refractivity contribution in [1.82, 2.24) is 4.90 Å². The van der Waals surface area contributed by atoms with E-state index in [1.165, 1.54) is 20.9 Å². The normalized spacial score (nSPS) is 22.3. The highest BCUT2D eigenvalue weighted by molar-refractivity contribution is 7.99. The molecule has 1 aliphatic heterocycles. The number of β-amino-alcohol motifs (C(OH)–C–C–N with tert-alkyl or cyclic N) is 2. The van der Waals surface area contributed by atoms with Gasteiger partial charge < -0.3 is 15.1 Å². The van der Waals surface area contributed by atoms with Crippen LogP contribution in [0, 0.1) is 13.8 Å². The predicted molar refractivity (Wildman–Crippen MR) is 79.9 cm³/mol. The molecule has 2 rings (SSSR count). The second-order valence-corrected chi connectivity index (χ2v) is 6.45. The lowest BCUT2D eigenvalue weighted by Crippen LogP contribution is -2.29. The van der Waals surface area contributed by atoms with Crippen LogP contribution in [0.2, 0.25) is 0 Å². The molecule has 1 aliphatic rings. The number of benzene rings is 1. The van der Waals surface area contributed by atoms with E-state index < -0.39 is 12.2 Å². The van der Waals surface area contributed by atoms with E-state index in [-0.39, 0.29) is 19.0 Å². The fraction of sp³-hybridized carbons (Fsp3) is 0.533. The van der Waals surface area contributed by atoms with Gasteiger partial charge in [0.25, 0.3) is 0 Å². The number of hydrogen-bond donors (Lipinski definition) is 2. The number of aliphatic hydroxyl groups excluding tert-OH is 2. The average Bonchev–Trinajstić information content (AvgIpc) is 2.74. The van der Waals surface area contributed by atoms with Crippen LogP contribution in [0.1, 0.15) is 17.5 Å². The number of rotatable bonds is 4. The van der Waals surface area contributed by atoms with Crippen molar-refractivity contribution in [2.24, 2.45) is 0 Å². The summed E-state index contributed by atoms with van der Waals surface area (Å²) < 4.78 is 0. The number of carbonyl (C=O) groups is 1. The van der Waals surface area contributed by atoms with Crippen LogP contribution in [0.25, 0.3) is 0 Å². The Morgan fingerprint density at radius 1 is 1.25 bits per heavy atom. The number of nitrogens with zero attached hydrogens (tertiary/aromatic N) is 1. The summed E-state index contributed by atoms with van der Waals surface area (Å²) in [6.45, 7) is 4.65. The number of likely N-dealkylation sites (tertiary alicyclic amines) is 1. The molecule has 0 aromatic heterocycles. The van der Waals surface area contributed by atoms with E-state index in [0.717, 1.165) is 0 Å². The maximum Gasteiger partial charge on any atom is 0.223 e. The van der Waals surface area contributed by atoms with Gasteiger partial charge in [-0.1, -0.05) is 6.07 Å². The highest BCUT2D eigenvalue weighted by Gasteiger charge is 2.31. The molecule has 20 heavy (non-hydrogen) atoms. The minimum Gasteiger partial charge on any atom is -0.388 e. The lowest BCUT2D eigenvalue weighted by molar-refractivity contribution is -0.130. The molecule has 1 amide bonds. The summed E-state index contributed by atoms with van der Waals surface area (Å²) in [5.74, 6) is 0.709. The van der Waals surface area contributed by atoms with Gasteiger partial charge in [-0.3, -0.25) is 4.79 Å². The minimum absolute atomic E-state index is 0.00284. The summed E-state index contributed by atoms with van der Waals surface area (Å²) in [6, 6.07) is 6.29. The van der Waals surface area contributed by atoms with Gasteiger partial charge in [0.05, 0.1) is 12.2 Å². The molecule has 0 saturated carbocycles. The molecule has 0 radical (unpaired) electrons. The number of amides is 1. The van der Waals surface area contributed by atoms with Crippen molar-refractivity contribution >= 4 is 17.7 Å². The van der Waals surface area contributed by atoms with Crippen LogP contribution < -0.4 is 0 Å². The molecule has 1 saturated heterocycles. The Morgan fingerprint density at radius 3 is 2.50 bits per heavy atom. The third-order valence-electron chi connectivity index (χ3n) is 3.67. The van der Waals surface area contributed by atoms with Crippen molar-refractivity contribution < 1.29 is 15.0 Å². The SMILES string of the molecule is Cc1ccc(SCCC(=O)N2C[C@@H](O)[C@@H](O)C2)cc1C. The molecule has 0 unspecified atom stereocenters. The van der Waals surface area contributed by atoms with E-state index >= 15 is 0 Å². The van der Waals surface area contributed by atoms with Gasteiger partial charge in [0, 0.05) is 30.2 Å². The van der Waals surface area contributed by atoms with Gasteiger partial charge in [-0.05, 0) is 37.1 Å². The predicted octanol–water partition coefficient (Wildman–Crippen LogP) is 1.35. The lowest BCUT2D eigenvalue weighted by atomic mass is 10.1. The third-order valence-corrected chi connectivity index (χ3v) is 4.67. The second kappa shape index (κ2) is 6.61. The second-order valence-electron chi connectivity index (χ2n) is 5.28. The zero-order chi connectivity index (χ0) is 14.7. The molecule has 1 heterocycles. The van der Waals surface area contributed by atoms with Crippen LogP contribution in [-0.2, 0) is 4.79 Å². The van der Waals surface area contributed by atoms with Crippen molar-refractivity contribution in [3.8, 4) is 0 Å². The summed E-state index contributed by atoms with van der Waals surface area (Å²) in [4.78, 5) is 14.6. The van der Waals surface area contributed by atoms with Gasteiger partial charge in [0.15, 0.2) is 0 Å². The number of carbonyl (C=O) groups excluding carboxylic acids is 1. The smallest absolute Gasteiger partial charge is 0.223 e. The van der Waals surface area contributed by atoms with Crippen LogP contribution >= 0.6 is 11.8 Å². The first-order chi connectivity index (χ1) is 9.47. The van der Waals surface area contributed by atoms with Gasteiger partial charge in [0.2, 0.25) is 5.91 Å². The molecule has 4 nitrogen and oxygen atoms in total. The molecule has 2 N–H and O–H groups in total. The number of aliphatic hydroxyl groups is 2. The maximum atomic E-state index is 11.9. The van der Waals surface area contributed by atoms with Crippen molar-refractivity contribution in [2.45, 2.75) is 37.4 Å². The van der Waals surface area contributed by atoms with Gasteiger partial charge >= 0.3 is 0 Å². The first-order valence-electron chi connectivity index (χ1n) is 6.81. The molecule has 0 bridgehead atoms. The first-order valence-corrected chi connectivity index (χ1v) is 7.80. The lowest BCUT2D eigenvalue weighted by Gasteiger charge is -2.15. The molecule has 0 spiro atoms. The molecule has 2 atom stereocenters. The highest BCUT2D eigenvalue weighted by atomic mass is 32.2. The van der Waals surface area contributed by atoms with E-state index in [1.54, 1.807) is 11.8 Å². The number of aryl methyl sites for hydroxylation is 2. The highest BCUT2D eigenvalue weighted by Crippen LogP contribution is 2.22. The van der Waals surface area contributed by atoms with Crippen LogP contribution in [0.4, 0.5) is 0 Å². The van der Waals surface area contributed by atoms with Crippen molar-refractivity contribution in [2.75, 3.05) is 18.8 Å². The standard InChI is InChI=1S/C15H21NO3S/c1-10-3-4-12(7-11(10)2)20-6-5-15(19)16-8-13(17)14(18)9-16/h3-4,7,13-14,17-18H,5-6,8-9H2,1-2H3/t13-,14+. The van der Waals surface area contributed by atoms with Crippen molar-refractivity contribution in [3.63, 3.8) is 0 Å². The topological polar surface area (TPSA) is 60.8 Å². The Kier molecular flexibility index (Phi) is 5.07. The summed E-state index contributed by atoms with van der Waals surface area (Å²) in [5, 5.41) is 18.9. The van der Waals surface area contributed by atoms with Crippen molar-refractivity contribution in [3.05, 3.63) is 29.3 Å². The molecule has 1 fully saturated rings. The van der Waals surface area contributed by atoms with Gasteiger partial charge in [0.1, 0.15) is 0 Å². The molecule has 5 heteroatoms. The zero-order valence-corrected chi connectivity index (χ0v) is 12.7. The summed E-state index contributed by atoms with van der Waals surface area (Å²) in [6.07, 6.45) is -1.17. The summed E-state index contributed by atoms with van der Waals surface area (Å²) in [7, 11) is 0. The van der Waals surface area contributed by atoms with Gasteiger partial charge in [-0.15, -0.1) is 11.8 Å². The van der Waals surface area contributed by atoms with E-state index in [9.17, 15) is 15.0 Å². The monoisotopic (exact) mass is 295 g/mol. The molecular formula is C15H21NO3S. The Labute approximate surface area is 123 Å². The number of thioether (sulfide) groups is 1. The third kappa shape index (κ3) is 3.75. The Balaban J connectivity index is 1.78. The zero-order valence-electron chi connectivity index (χ0n) is 11.9. The summed E-state index contributed by atoms with van der Waals surface area (Å²) in [5.41, 5.74) is 2.53. The van der Waals surface area contributed by atoms with Crippen LogP contribution in [0.15, 0.2) is 23.1 Å². The fourth-order valence-electron chi connectivity index (χ4n) is 2.19. The molecule has 1 aromatic rings. The van der Waals surface area contributed by atoms with Crippen LogP contribution in [0.3, 0.4) is 0 Å². The quantitative estimate of drug-likeness (QED) is 0.823. The largest absolute Gasteiger partial charge is 0.388 e. The Bertz CT molecular complexity index is 482. The van der Waals surface area contributed by atoms with Crippen LogP contribution in [-0.4, -0.2) is 52.1 Å². The minimum atomic E-state index is -0.800. The van der Waals surface area contributed by atoms with Crippen molar-refractivity contribution in [1.29, 1.82) is 0 Å². The van der Waals surface area contributed by atoms with E-state index in [1.807, 2.05) is 0 Å². The van der Waals surface area contributed by atoms with E-state index in [2.05, 4.69) is 32.0 Å². The molecule has 1 aromatic carbocycles. The summed E-state index contributed by atoms with van der Waals surface area (Å²) >= 11 is 1.66. The Hall–Kier alpha value is -1.04. The van der Waals surface area contributed by atoms with E-state index in [0.29, 0.717) is 12.2 Å². The van der Waals surface area contributed by atoms with Crippen LogP contribution in [0.5, 0.6) is 0 Å². The van der Waals surface area contributed by atoms with E-state index in [4.69, 9.17) is 0 Å².